The van der Waals surface area contributed by atoms with Crippen LogP contribution in [0.25, 0.3) is 11.4 Å². The molecule has 0 aliphatic carbocycles. The first-order valence-corrected chi connectivity index (χ1v) is 11.9. The number of halogens is 2. The molecule has 10 heteroatoms. The maximum absolute atomic E-state index is 12.3. The Balaban J connectivity index is 1.37. The molecule has 0 spiro atoms. The number of rotatable bonds is 7. The third kappa shape index (κ3) is 5.77. The average Bonchev–Trinajstić information content (AvgIpc) is 3.21. The Morgan fingerprint density at radius 1 is 0.941 bits per heavy atom. The third-order valence-electron chi connectivity index (χ3n) is 4.81. The molecule has 0 aliphatic rings. The van der Waals surface area contributed by atoms with Gasteiger partial charge in [0.1, 0.15) is 0 Å². The quantitative estimate of drug-likeness (QED) is 0.307. The molecule has 172 valence electrons. The Kier molecular flexibility index (Phi) is 7.52. The van der Waals surface area contributed by atoms with Crippen LogP contribution in [0.4, 0.5) is 11.4 Å². The molecule has 34 heavy (non-hydrogen) atoms. The minimum Gasteiger partial charge on any atom is -0.324 e. The highest BCUT2D eigenvalue weighted by Crippen LogP contribution is 2.27. The van der Waals surface area contributed by atoms with E-state index in [4.69, 9.17) is 23.2 Å². The fourth-order valence-corrected chi connectivity index (χ4v) is 4.15. The molecule has 4 aromatic rings. The number of hydrogen-bond donors (Lipinski definition) is 2. The van der Waals surface area contributed by atoms with Crippen molar-refractivity contribution in [1.82, 2.24) is 14.8 Å². The van der Waals surface area contributed by atoms with Crippen LogP contribution in [0.15, 0.2) is 78.0 Å². The topological polar surface area (TPSA) is 88.9 Å². The highest BCUT2D eigenvalue weighted by Gasteiger charge is 2.14. The van der Waals surface area contributed by atoms with Gasteiger partial charge in [-0.3, -0.25) is 9.59 Å². The molecule has 3 aromatic carbocycles. The van der Waals surface area contributed by atoms with Gasteiger partial charge in [0.05, 0.1) is 16.5 Å². The number of amides is 2. The second-order valence-corrected chi connectivity index (χ2v) is 9.01. The summed E-state index contributed by atoms with van der Waals surface area (Å²) in [5.41, 5.74) is 2.54. The van der Waals surface area contributed by atoms with E-state index in [9.17, 15) is 9.59 Å². The van der Waals surface area contributed by atoms with Crippen LogP contribution >= 0.6 is 35.0 Å². The van der Waals surface area contributed by atoms with Crippen molar-refractivity contribution in [2.24, 2.45) is 7.05 Å². The van der Waals surface area contributed by atoms with Crippen LogP contribution in [0.3, 0.4) is 0 Å². The fourth-order valence-electron chi connectivity index (χ4n) is 3.10. The van der Waals surface area contributed by atoms with Crippen molar-refractivity contribution >= 4 is 58.2 Å². The third-order valence-corrected chi connectivity index (χ3v) is 6.39. The number of anilines is 2. The molecule has 0 saturated carbocycles. The minimum absolute atomic E-state index is 0.124. The van der Waals surface area contributed by atoms with E-state index in [-0.39, 0.29) is 17.6 Å². The zero-order valence-corrected chi connectivity index (χ0v) is 20.3. The lowest BCUT2D eigenvalue weighted by Crippen LogP contribution is -2.14. The predicted octanol–water partition coefficient (Wildman–Crippen LogP) is 5.77. The zero-order valence-electron chi connectivity index (χ0n) is 18.0. The van der Waals surface area contributed by atoms with Crippen molar-refractivity contribution in [1.29, 1.82) is 0 Å². The van der Waals surface area contributed by atoms with Gasteiger partial charge in [0, 0.05) is 28.9 Å². The lowest BCUT2D eigenvalue weighted by molar-refractivity contribution is -0.113. The van der Waals surface area contributed by atoms with Gasteiger partial charge < -0.3 is 15.2 Å². The second kappa shape index (κ2) is 10.7. The average molecular weight is 512 g/mol. The van der Waals surface area contributed by atoms with Gasteiger partial charge in [0.15, 0.2) is 11.0 Å². The lowest BCUT2D eigenvalue weighted by Gasteiger charge is -2.08. The number of thioether (sulfide) groups is 1. The summed E-state index contributed by atoms with van der Waals surface area (Å²) in [6.07, 6.45) is 0. The van der Waals surface area contributed by atoms with Gasteiger partial charge in [-0.15, -0.1) is 10.2 Å². The van der Waals surface area contributed by atoms with E-state index in [1.165, 1.54) is 11.8 Å². The molecule has 0 bridgehead atoms. The van der Waals surface area contributed by atoms with Crippen molar-refractivity contribution in [3.8, 4) is 11.4 Å². The van der Waals surface area contributed by atoms with Crippen molar-refractivity contribution in [2.75, 3.05) is 16.4 Å². The van der Waals surface area contributed by atoms with Gasteiger partial charge in [-0.25, -0.2) is 0 Å². The van der Waals surface area contributed by atoms with E-state index in [2.05, 4.69) is 20.8 Å². The molecule has 1 heterocycles. The maximum atomic E-state index is 12.3. The molecular weight excluding hydrogens is 493 g/mol. The van der Waals surface area contributed by atoms with Crippen LogP contribution in [0.1, 0.15) is 10.4 Å². The van der Waals surface area contributed by atoms with E-state index < -0.39 is 0 Å². The largest absolute Gasteiger partial charge is 0.324 e. The SMILES string of the molecule is Cn1c(SCC(=O)Nc2cc(Cl)ccc2Cl)nnc1-c1ccc(NC(=O)c2ccccc2)cc1. The maximum Gasteiger partial charge on any atom is 0.255 e. The smallest absolute Gasteiger partial charge is 0.255 e. The monoisotopic (exact) mass is 511 g/mol. The van der Waals surface area contributed by atoms with E-state index in [0.29, 0.717) is 38.0 Å². The molecule has 0 aliphatic heterocycles. The number of nitrogens with zero attached hydrogens (tertiary/aromatic N) is 3. The summed E-state index contributed by atoms with van der Waals surface area (Å²) >= 11 is 13.3. The van der Waals surface area contributed by atoms with Crippen LogP contribution in [0.5, 0.6) is 0 Å². The van der Waals surface area contributed by atoms with Crippen LogP contribution in [-0.2, 0) is 11.8 Å². The molecule has 7 nitrogen and oxygen atoms in total. The number of benzene rings is 3. The van der Waals surface area contributed by atoms with Gasteiger partial charge in [-0.05, 0) is 54.6 Å². The van der Waals surface area contributed by atoms with Crippen molar-refractivity contribution in [3.05, 3.63) is 88.4 Å². The summed E-state index contributed by atoms with van der Waals surface area (Å²) in [6, 6.07) is 21.2. The molecular formula is C24H19Cl2N5O2S. The highest BCUT2D eigenvalue weighted by molar-refractivity contribution is 7.99. The minimum atomic E-state index is -0.239. The number of nitrogens with one attached hydrogen (secondary N) is 2. The highest BCUT2D eigenvalue weighted by atomic mass is 35.5. The number of carbonyl (C=O) groups is 2. The Morgan fingerprint density at radius 2 is 1.68 bits per heavy atom. The molecule has 0 fully saturated rings. The normalized spacial score (nSPS) is 10.7. The summed E-state index contributed by atoms with van der Waals surface area (Å²) < 4.78 is 1.81. The van der Waals surface area contributed by atoms with E-state index in [0.717, 1.165) is 5.56 Å². The molecule has 4 rings (SSSR count). The van der Waals surface area contributed by atoms with Crippen LogP contribution < -0.4 is 10.6 Å². The Morgan fingerprint density at radius 3 is 2.41 bits per heavy atom. The number of carbonyl (C=O) groups excluding carboxylic acids is 2. The first kappa shape index (κ1) is 23.8. The van der Waals surface area contributed by atoms with Crippen LogP contribution in [0, 0.1) is 0 Å². The Labute approximate surface area is 210 Å². The molecule has 2 amide bonds. The van der Waals surface area contributed by atoms with E-state index >= 15 is 0 Å². The number of hydrogen-bond acceptors (Lipinski definition) is 5. The molecule has 1 aromatic heterocycles. The van der Waals surface area contributed by atoms with Gasteiger partial charge in [0.25, 0.3) is 5.91 Å². The van der Waals surface area contributed by atoms with E-state index in [1.807, 2.05) is 41.9 Å². The first-order chi connectivity index (χ1) is 16.4. The van der Waals surface area contributed by atoms with Gasteiger partial charge in [-0.2, -0.15) is 0 Å². The fraction of sp³-hybridized carbons (Fsp3) is 0.0833. The molecule has 0 radical (unpaired) electrons. The molecule has 0 saturated heterocycles. The van der Waals surface area contributed by atoms with Crippen molar-refractivity contribution < 1.29 is 9.59 Å². The van der Waals surface area contributed by atoms with Gasteiger partial charge >= 0.3 is 0 Å². The molecule has 0 unspecified atom stereocenters. The summed E-state index contributed by atoms with van der Waals surface area (Å²) in [5, 5.41) is 15.5. The first-order valence-electron chi connectivity index (χ1n) is 10.1. The molecule has 2 N–H and O–H groups in total. The summed E-state index contributed by atoms with van der Waals surface area (Å²) in [7, 11) is 1.83. The summed E-state index contributed by atoms with van der Waals surface area (Å²) in [5.74, 6) is 0.348. The standard InChI is InChI=1S/C24H19Cl2N5O2S/c1-31-22(15-7-10-18(11-8-15)27-23(33)16-5-3-2-4-6-16)29-30-24(31)34-14-21(32)28-20-13-17(25)9-12-19(20)26/h2-13H,14H2,1H3,(H,27,33)(H,28,32). The van der Waals surface area contributed by atoms with E-state index in [1.54, 1.807) is 42.5 Å². The van der Waals surface area contributed by atoms with Crippen molar-refractivity contribution in [3.63, 3.8) is 0 Å². The summed E-state index contributed by atoms with van der Waals surface area (Å²) in [6.45, 7) is 0. The zero-order chi connectivity index (χ0) is 24.1. The Hall–Kier alpha value is -3.33. The Bertz CT molecular complexity index is 1330. The summed E-state index contributed by atoms with van der Waals surface area (Å²) in [4.78, 5) is 24.7. The van der Waals surface area contributed by atoms with Crippen LogP contribution in [-0.4, -0.2) is 32.3 Å². The second-order valence-electron chi connectivity index (χ2n) is 7.22. The van der Waals surface area contributed by atoms with Gasteiger partial charge in [-0.1, -0.05) is 53.2 Å². The van der Waals surface area contributed by atoms with Crippen molar-refractivity contribution in [2.45, 2.75) is 5.16 Å². The lowest BCUT2D eigenvalue weighted by atomic mass is 10.1. The number of aromatic nitrogens is 3. The molecule has 0 atom stereocenters. The van der Waals surface area contributed by atoms with Gasteiger partial charge in [0.2, 0.25) is 5.91 Å². The predicted molar refractivity (Wildman–Crippen MR) is 137 cm³/mol. The van der Waals surface area contributed by atoms with Crippen LogP contribution in [0.2, 0.25) is 10.0 Å².